The van der Waals surface area contributed by atoms with Gasteiger partial charge in [-0.1, -0.05) is 46.3 Å². The van der Waals surface area contributed by atoms with Gasteiger partial charge in [-0.2, -0.15) is 18.3 Å². The summed E-state index contributed by atoms with van der Waals surface area (Å²) in [6, 6.07) is 13.2. The fraction of sp³-hybridized carbons (Fsp3) is 0.0500. The molecule has 0 aliphatic rings. The molecule has 0 unspecified atom stereocenters. The second kappa shape index (κ2) is 7.93. The summed E-state index contributed by atoms with van der Waals surface area (Å²) in [5.41, 5.74) is -3.19. The summed E-state index contributed by atoms with van der Waals surface area (Å²) in [6.45, 7) is 7.05. The predicted octanol–water partition coefficient (Wildman–Crippen LogP) is 5.44. The maximum Gasteiger partial charge on any atom is 0.407 e. The smallest absolute Gasteiger partial charge is 0.407 e. The molecule has 0 fully saturated rings. The molecule has 5 nitrogen and oxygen atoms in total. The lowest BCUT2D eigenvalue weighted by Gasteiger charge is -2.14. The van der Waals surface area contributed by atoms with Gasteiger partial charge < -0.3 is 5.11 Å². The largest absolute Gasteiger partial charge is 0.507 e. The molecular weight excluding hydrogens is 451 g/mol. The van der Waals surface area contributed by atoms with E-state index < -0.39 is 23.0 Å². The van der Waals surface area contributed by atoms with Crippen LogP contribution >= 0.6 is 15.9 Å². The number of rotatable bonds is 3. The third-order valence-corrected chi connectivity index (χ3v) is 4.44. The number of halogens is 4. The summed E-state index contributed by atoms with van der Waals surface area (Å²) in [5.74, 6) is -0.144. The molecule has 0 saturated heterocycles. The molecule has 3 rings (SSSR count). The molecule has 1 aromatic heterocycles. The monoisotopic (exact) mass is 461 g/mol. The molecule has 0 radical (unpaired) electrons. The summed E-state index contributed by atoms with van der Waals surface area (Å²) >= 11 is 3.19. The van der Waals surface area contributed by atoms with Crippen LogP contribution in [0, 0.1) is 6.57 Å². The molecule has 3 aromatic rings. The van der Waals surface area contributed by atoms with E-state index in [9.17, 15) is 23.1 Å². The predicted molar refractivity (Wildman–Crippen MR) is 106 cm³/mol. The van der Waals surface area contributed by atoms with Crippen molar-refractivity contribution in [3.8, 4) is 17.0 Å². The second-order valence-corrected chi connectivity index (χ2v) is 6.75. The van der Waals surface area contributed by atoms with E-state index in [0.29, 0.717) is 10.0 Å². The Morgan fingerprint density at radius 1 is 1.14 bits per heavy atom. The lowest BCUT2D eigenvalue weighted by Crippen LogP contribution is -2.22. The SMILES string of the molecule is [C-]#[N+]c1c(C(F)(F)F)cc(-c2ccccc2)n(/N=C/c2ccc(Br)cc2O)c1=O. The van der Waals surface area contributed by atoms with E-state index >= 15 is 0 Å². The number of aromatic nitrogens is 1. The molecule has 29 heavy (non-hydrogen) atoms. The average molecular weight is 462 g/mol. The zero-order valence-electron chi connectivity index (χ0n) is 14.5. The molecule has 1 N–H and O–H groups in total. The fourth-order valence-corrected chi connectivity index (χ4v) is 2.94. The van der Waals surface area contributed by atoms with E-state index in [1.807, 2.05) is 0 Å². The highest BCUT2D eigenvalue weighted by Gasteiger charge is 2.36. The first-order valence-corrected chi connectivity index (χ1v) is 8.84. The molecule has 0 saturated carbocycles. The molecular formula is C20H11BrF3N3O2. The number of nitrogens with zero attached hydrogens (tertiary/aromatic N) is 3. The number of benzene rings is 2. The highest BCUT2D eigenvalue weighted by molar-refractivity contribution is 9.10. The van der Waals surface area contributed by atoms with E-state index in [1.165, 1.54) is 24.3 Å². The zero-order chi connectivity index (χ0) is 21.2. The van der Waals surface area contributed by atoms with Gasteiger partial charge in [-0.3, -0.25) is 4.79 Å². The van der Waals surface area contributed by atoms with Crippen LogP contribution in [-0.4, -0.2) is 16.0 Å². The molecule has 0 atom stereocenters. The van der Waals surface area contributed by atoms with Gasteiger partial charge in [0, 0.05) is 15.6 Å². The van der Waals surface area contributed by atoms with Gasteiger partial charge in [-0.15, -0.1) is 0 Å². The first kappa shape index (κ1) is 20.4. The van der Waals surface area contributed by atoms with Crippen LogP contribution in [0.2, 0.25) is 0 Å². The molecule has 0 amide bonds. The summed E-state index contributed by atoms with van der Waals surface area (Å²) in [7, 11) is 0. The van der Waals surface area contributed by atoms with Crippen molar-refractivity contribution in [3.63, 3.8) is 0 Å². The quantitative estimate of drug-likeness (QED) is 0.417. The Hall–Kier alpha value is -3.38. The summed E-state index contributed by atoms with van der Waals surface area (Å²) in [6.07, 6.45) is -3.74. The van der Waals surface area contributed by atoms with Crippen molar-refractivity contribution in [2.75, 3.05) is 0 Å². The maximum absolute atomic E-state index is 13.4. The molecule has 0 bridgehead atoms. The highest BCUT2D eigenvalue weighted by atomic mass is 79.9. The van der Waals surface area contributed by atoms with Gasteiger partial charge >= 0.3 is 6.18 Å². The lowest BCUT2D eigenvalue weighted by atomic mass is 10.1. The number of hydrogen-bond acceptors (Lipinski definition) is 3. The van der Waals surface area contributed by atoms with Crippen LogP contribution in [0.15, 0.2) is 69.0 Å². The van der Waals surface area contributed by atoms with Crippen LogP contribution in [0.4, 0.5) is 18.9 Å². The second-order valence-electron chi connectivity index (χ2n) is 5.83. The van der Waals surface area contributed by atoms with Crippen LogP contribution < -0.4 is 5.56 Å². The van der Waals surface area contributed by atoms with Crippen LogP contribution in [0.1, 0.15) is 11.1 Å². The van der Waals surface area contributed by atoms with Crippen molar-refractivity contribution in [2.24, 2.45) is 5.10 Å². The number of hydrogen-bond donors (Lipinski definition) is 1. The maximum atomic E-state index is 13.4. The van der Waals surface area contributed by atoms with Gasteiger partial charge in [0.15, 0.2) is 0 Å². The van der Waals surface area contributed by atoms with Crippen LogP contribution in [0.5, 0.6) is 5.75 Å². The van der Waals surface area contributed by atoms with Gasteiger partial charge in [0.1, 0.15) is 5.75 Å². The number of phenols is 1. The van der Waals surface area contributed by atoms with E-state index in [4.69, 9.17) is 6.57 Å². The Balaban J connectivity index is 2.29. The third kappa shape index (κ3) is 4.22. The van der Waals surface area contributed by atoms with Crippen molar-refractivity contribution in [1.82, 2.24) is 4.68 Å². The third-order valence-electron chi connectivity index (χ3n) is 3.95. The van der Waals surface area contributed by atoms with E-state index in [2.05, 4.69) is 25.9 Å². The number of phenolic OH excluding ortho intramolecular Hbond substituents is 1. The summed E-state index contributed by atoms with van der Waals surface area (Å²) in [5, 5.41) is 13.9. The standard InChI is InChI=1S/C20H11BrF3N3O2/c1-25-18-15(20(22,23)24)10-16(12-5-3-2-4-6-12)27(19(18)29)26-11-13-7-8-14(21)9-17(13)28/h2-11,28H/b26-11+. The van der Waals surface area contributed by atoms with Gasteiger partial charge in [0.25, 0.3) is 11.2 Å². The Kier molecular flexibility index (Phi) is 5.57. The fourth-order valence-electron chi connectivity index (χ4n) is 2.59. The van der Waals surface area contributed by atoms with Crippen LogP contribution in [0.3, 0.4) is 0 Å². The Morgan fingerprint density at radius 2 is 1.83 bits per heavy atom. The van der Waals surface area contributed by atoms with Crippen molar-refractivity contribution >= 4 is 27.8 Å². The van der Waals surface area contributed by atoms with Gasteiger partial charge in [-0.25, -0.2) is 9.52 Å². The summed E-state index contributed by atoms with van der Waals surface area (Å²) in [4.78, 5) is 15.5. The van der Waals surface area contributed by atoms with Crippen molar-refractivity contribution < 1.29 is 18.3 Å². The minimum atomic E-state index is -4.88. The van der Waals surface area contributed by atoms with E-state index in [0.717, 1.165) is 17.0 Å². The average Bonchev–Trinajstić information content (AvgIpc) is 2.67. The Morgan fingerprint density at radius 3 is 2.41 bits per heavy atom. The minimum Gasteiger partial charge on any atom is -0.507 e. The Labute approximate surface area is 171 Å². The molecule has 0 aliphatic carbocycles. The van der Waals surface area contributed by atoms with Crippen LogP contribution in [-0.2, 0) is 6.18 Å². The molecule has 1 heterocycles. The van der Waals surface area contributed by atoms with Crippen molar-refractivity contribution in [2.45, 2.75) is 6.18 Å². The molecule has 9 heteroatoms. The minimum absolute atomic E-state index is 0.136. The molecule has 146 valence electrons. The first-order valence-electron chi connectivity index (χ1n) is 8.05. The van der Waals surface area contributed by atoms with Gasteiger partial charge in [0.2, 0.25) is 0 Å². The van der Waals surface area contributed by atoms with E-state index in [-0.39, 0.29) is 17.0 Å². The molecule has 2 aromatic carbocycles. The topological polar surface area (TPSA) is 58.9 Å². The molecule has 0 aliphatic heterocycles. The Bertz CT molecular complexity index is 1200. The van der Waals surface area contributed by atoms with Crippen molar-refractivity contribution in [3.05, 3.63) is 92.0 Å². The van der Waals surface area contributed by atoms with Gasteiger partial charge in [0.05, 0.1) is 24.0 Å². The first-order chi connectivity index (χ1) is 13.7. The van der Waals surface area contributed by atoms with Gasteiger partial charge in [-0.05, 0) is 24.3 Å². The normalized spacial score (nSPS) is 11.6. The number of pyridine rings is 1. The molecule has 0 spiro atoms. The zero-order valence-corrected chi connectivity index (χ0v) is 16.1. The lowest BCUT2D eigenvalue weighted by molar-refractivity contribution is -0.136. The highest BCUT2D eigenvalue weighted by Crippen LogP contribution is 2.37. The van der Waals surface area contributed by atoms with Crippen molar-refractivity contribution in [1.29, 1.82) is 0 Å². The number of aromatic hydroxyl groups is 1. The van der Waals surface area contributed by atoms with E-state index in [1.54, 1.807) is 24.3 Å². The number of alkyl halides is 3. The summed E-state index contributed by atoms with van der Waals surface area (Å²) < 4.78 is 41.6. The van der Waals surface area contributed by atoms with Crippen LogP contribution in [0.25, 0.3) is 16.1 Å².